The molecule has 0 aliphatic heterocycles. The first-order valence-electron chi connectivity index (χ1n) is 6.98. The molecule has 0 aliphatic rings. The summed E-state index contributed by atoms with van der Waals surface area (Å²) in [6, 6.07) is 8.14. The van der Waals surface area contributed by atoms with Crippen molar-refractivity contribution in [3.05, 3.63) is 36.3 Å². The molecule has 0 atom stereocenters. The topological polar surface area (TPSA) is 43.1 Å². The first-order chi connectivity index (χ1) is 9.70. The van der Waals surface area contributed by atoms with Gasteiger partial charge in [-0.05, 0) is 26.3 Å². The molecule has 0 unspecified atom stereocenters. The monoisotopic (exact) mass is 266 g/mol. The van der Waals surface area contributed by atoms with Crippen LogP contribution in [-0.4, -0.2) is 20.4 Å². The second kappa shape index (κ2) is 5.04. The molecule has 0 aliphatic carbocycles. The van der Waals surface area contributed by atoms with E-state index < -0.39 is 0 Å². The standard InChI is InChI=1S/C16H18N4/c1-4-7-15-18-14-10-17-13-9-6-5-8-12(13)16(14)20(15)19-11(2)3/h5-6,8-10H,4,7H2,1-3H3. The van der Waals surface area contributed by atoms with Crippen LogP contribution in [0.1, 0.15) is 33.0 Å². The molecular weight excluding hydrogens is 248 g/mol. The Balaban J connectivity index is 2.42. The molecule has 1 aromatic carbocycles. The quantitative estimate of drug-likeness (QED) is 0.677. The van der Waals surface area contributed by atoms with E-state index in [0.717, 1.165) is 46.3 Å². The van der Waals surface area contributed by atoms with Crippen molar-refractivity contribution in [2.75, 3.05) is 0 Å². The summed E-state index contributed by atoms with van der Waals surface area (Å²) in [5.74, 6) is 1.00. The molecule has 0 saturated heterocycles. The third-order valence-corrected chi connectivity index (χ3v) is 3.21. The van der Waals surface area contributed by atoms with Crippen molar-refractivity contribution in [2.45, 2.75) is 33.6 Å². The van der Waals surface area contributed by atoms with Crippen molar-refractivity contribution in [2.24, 2.45) is 5.10 Å². The van der Waals surface area contributed by atoms with E-state index in [9.17, 15) is 0 Å². The van der Waals surface area contributed by atoms with E-state index in [0.29, 0.717) is 0 Å². The summed E-state index contributed by atoms with van der Waals surface area (Å²) in [6.07, 6.45) is 3.81. The number of aryl methyl sites for hydroxylation is 1. The summed E-state index contributed by atoms with van der Waals surface area (Å²) in [5, 5.41) is 5.76. The predicted molar refractivity (Wildman–Crippen MR) is 83.2 cm³/mol. The minimum atomic E-state index is 0.914. The van der Waals surface area contributed by atoms with E-state index in [1.807, 2.05) is 42.9 Å². The van der Waals surface area contributed by atoms with Gasteiger partial charge in [0.15, 0.2) is 0 Å². The molecule has 0 fully saturated rings. The molecule has 102 valence electrons. The van der Waals surface area contributed by atoms with Gasteiger partial charge in [0, 0.05) is 17.5 Å². The summed E-state index contributed by atoms with van der Waals surface area (Å²) in [4.78, 5) is 9.18. The van der Waals surface area contributed by atoms with Gasteiger partial charge in [0.05, 0.1) is 11.7 Å². The van der Waals surface area contributed by atoms with Crippen LogP contribution in [0.15, 0.2) is 35.6 Å². The van der Waals surface area contributed by atoms with Gasteiger partial charge in [-0.25, -0.2) is 9.66 Å². The third kappa shape index (κ3) is 2.07. The Morgan fingerprint density at radius 1 is 1.20 bits per heavy atom. The van der Waals surface area contributed by atoms with Crippen molar-refractivity contribution >= 4 is 27.6 Å². The molecule has 0 N–H and O–H groups in total. The Labute approximate surface area is 118 Å². The Hall–Kier alpha value is -2.23. The van der Waals surface area contributed by atoms with E-state index in [1.165, 1.54) is 0 Å². The maximum Gasteiger partial charge on any atom is 0.131 e. The first-order valence-corrected chi connectivity index (χ1v) is 6.98. The van der Waals surface area contributed by atoms with Gasteiger partial charge in [-0.1, -0.05) is 25.1 Å². The summed E-state index contributed by atoms with van der Waals surface area (Å²) in [6.45, 7) is 6.17. The van der Waals surface area contributed by atoms with E-state index in [-0.39, 0.29) is 0 Å². The number of rotatable bonds is 3. The van der Waals surface area contributed by atoms with Gasteiger partial charge in [-0.3, -0.25) is 4.98 Å². The fourth-order valence-electron chi connectivity index (χ4n) is 2.43. The number of hydrogen-bond acceptors (Lipinski definition) is 3. The number of fused-ring (bicyclic) bond motifs is 3. The zero-order valence-electron chi connectivity index (χ0n) is 12.1. The maximum atomic E-state index is 4.70. The maximum absolute atomic E-state index is 4.70. The van der Waals surface area contributed by atoms with Crippen molar-refractivity contribution in [3.63, 3.8) is 0 Å². The van der Waals surface area contributed by atoms with Gasteiger partial charge in [0.25, 0.3) is 0 Å². The number of benzene rings is 1. The minimum absolute atomic E-state index is 0.914. The lowest BCUT2D eigenvalue weighted by atomic mass is 10.2. The molecule has 2 heterocycles. The summed E-state index contributed by atoms with van der Waals surface area (Å²) in [5.41, 5.74) is 3.97. The molecule has 0 amide bonds. The average Bonchev–Trinajstić information content (AvgIpc) is 2.77. The average molecular weight is 266 g/mol. The molecule has 3 rings (SSSR count). The lowest BCUT2D eigenvalue weighted by molar-refractivity contribution is 0.758. The fraction of sp³-hybridized carbons (Fsp3) is 0.312. The second-order valence-electron chi connectivity index (χ2n) is 5.15. The van der Waals surface area contributed by atoms with E-state index in [2.05, 4.69) is 23.1 Å². The lowest BCUT2D eigenvalue weighted by Gasteiger charge is -2.04. The third-order valence-electron chi connectivity index (χ3n) is 3.21. The van der Waals surface area contributed by atoms with Crippen LogP contribution in [0.5, 0.6) is 0 Å². The first kappa shape index (κ1) is 12.8. The molecule has 3 aromatic rings. The van der Waals surface area contributed by atoms with Gasteiger partial charge >= 0.3 is 0 Å². The highest BCUT2D eigenvalue weighted by Gasteiger charge is 2.13. The number of hydrogen-bond donors (Lipinski definition) is 0. The fourth-order valence-corrected chi connectivity index (χ4v) is 2.43. The number of imidazole rings is 1. The van der Waals surface area contributed by atoms with Crippen LogP contribution in [0.3, 0.4) is 0 Å². The molecule has 0 bridgehead atoms. The smallest absolute Gasteiger partial charge is 0.131 e. The van der Waals surface area contributed by atoms with Gasteiger partial charge in [-0.15, -0.1) is 0 Å². The molecule has 0 spiro atoms. The second-order valence-corrected chi connectivity index (χ2v) is 5.15. The summed E-state index contributed by atoms with van der Waals surface area (Å²) < 4.78 is 1.98. The SMILES string of the molecule is CCCc1nc2cnc3ccccc3c2n1N=C(C)C. The zero-order chi connectivity index (χ0) is 14.1. The van der Waals surface area contributed by atoms with E-state index >= 15 is 0 Å². The largest absolute Gasteiger partial charge is 0.254 e. The Morgan fingerprint density at radius 2 is 2.00 bits per heavy atom. The molecule has 2 aromatic heterocycles. The summed E-state index contributed by atoms with van der Waals surface area (Å²) in [7, 11) is 0. The van der Waals surface area contributed by atoms with E-state index in [1.54, 1.807) is 0 Å². The molecule has 4 nitrogen and oxygen atoms in total. The molecule has 0 saturated carbocycles. The van der Waals surface area contributed by atoms with Gasteiger partial charge in [0.2, 0.25) is 0 Å². The minimum Gasteiger partial charge on any atom is -0.254 e. The van der Waals surface area contributed by atoms with Crippen LogP contribution < -0.4 is 0 Å². The lowest BCUT2D eigenvalue weighted by Crippen LogP contribution is -2.00. The Bertz CT molecular complexity index is 795. The number of pyridine rings is 1. The number of para-hydroxylation sites is 1. The van der Waals surface area contributed by atoms with Crippen molar-refractivity contribution < 1.29 is 0 Å². The van der Waals surface area contributed by atoms with Crippen LogP contribution in [-0.2, 0) is 6.42 Å². The van der Waals surface area contributed by atoms with E-state index in [4.69, 9.17) is 4.98 Å². The van der Waals surface area contributed by atoms with Crippen LogP contribution in [0.2, 0.25) is 0 Å². The van der Waals surface area contributed by atoms with Gasteiger partial charge < -0.3 is 0 Å². The highest BCUT2D eigenvalue weighted by molar-refractivity contribution is 6.02. The molecule has 20 heavy (non-hydrogen) atoms. The van der Waals surface area contributed by atoms with Crippen LogP contribution in [0.4, 0.5) is 0 Å². The normalized spacial score (nSPS) is 11.2. The number of aromatic nitrogens is 3. The Morgan fingerprint density at radius 3 is 2.75 bits per heavy atom. The molecular formula is C16H18N4. The highest BCUT2D eigenvalue weighted by Crippen LogP contribution is 2.25. The summed E-state index contributed by atoms with van der Waals surface area (Å²) >= 11 is 0. The molecule has 0 radical (unpaired) electrons. The molecule has 4 heteroatoms. The van der Waals surface area contributed by atoms with Crippen LogP contribution in [0.25, 0.3) is 21.9 Å². The van der Waals surface area contributed by atoms with Crippen LogP contribution in [0, 0.1) is 0 Å². The Kier molecular flexibility index (Phi) is 3.22. The van der Waals surface area contributed by atoms with Crippen molar-refractivity contribution in [1.29, 1.82) is 0 Å². The highest BCUT2D eigenvalue weighted by atomic mass is 15.4. The zero-order valence-corrected chi connectivity index (χ0v) is 12.1. The number of nitrogens with zero attached hydrogens (tertiary/aromatic N) is 4. The van der Waals surface area contributed by atoms with Gasteiger partial charge in [-0.2, -0.15) is 5.10 Å². The van der Waals surface area contributed by atoms with Crippen molar-refractivity contribution in [3.8, 4) is 0 Å². The van der Waals surface area contributed by atoms with Crippen LogP contribution >= 0.6 is 0 Å². The van der Waals surface area contributed by atoms with Crippen molar-refractivity contribution in [1.82, 2.24) is 14.6 Å². The van der Waals surface area contributed by atoms with Gasteiger partial charge in [0.1, 0.15) is 16.9 Å². The predicted octanol–water partition coefficient (Wildman–Crippen LogP) is 3.78.